The Balaban J connectivity index is 0.000000438. The maximum Gasteiger partial charge on any atom is 0.371 e. The molecule has 0 spiro atoms. The quantitative estimate of drug-likeness (QED) is 0.560. The van der Waals surface area contributed by atoms with Gasteiger partial charge < -0.3 is 21.3 Å². The number of methoxy groups -OCH3 is 1. The SMILES string of the molecule is COc1cc(C)c2nc(C(N)CCCN)c3nnc(C)n3c2c1.O=C(O)C(F)F. The highest BCUT2D eigenvalue weighted by Crippen LogP contribution is 2.28. The van der Waals surface area contributed by atoms with E-state index in [0.717, 1.165) is 46.7 Å². The van der Waals surface area contributed by atoms with Crippen molar-refractivity contribution in [2.75, 3.05) is 13.7 Å². The average Bonchev–Trinajstić information content (AvgIpc) is 3.08. The number of nitrogens with zero attached hydrogens (tertiary/aromatic N) is 4. The van der Waals surface area contributed by atoms with Gasteiger partial charge in [-0.3, -0.25) is 4.40 Å². The first-order valence-electron chi connectivity index (χ1n) is 8.87. The Kier molecular flexibility index (Phi) is 7.35. The molecular weight excluding hydrogens is 386 g/mol. The van der Waals surface area contributed by atoms with E-state index in [9.17, 15) is 8.78 Å². The van der Waals surface area contributed by atoms with Crippen LogP contribution in [0.3, 0.4) is 0 Å². The molecule has 0 bridgehead atoms. The summed E-state index contributed by atoms with van der Waals surface area (Å²) >= 11 is 0. The summed E-state index contributed by atoms with van der Waals surface area (Å²) in [5.41, 5.74) is 16.2. The van der Waals surface area contributed by atoms with Crippen LogP contribution in [-0.4, -0.2) is 50.7 Å². The Hall–Kier alpha value is -2.92. The minimum Gasteiger partial charge on any atom is -0.497 e. The van der Waals surface area contributed by atoms with Gasteiger partial charge in [-0.05, 0) is 44.9 Å². The number of fused-ring (bicyclic) bond motifs is 3. The number of aliphatic carboxylic acids is 1. The van der Waals surface area contributed by atoms with E-state index in [4.69, 9.17) is 31.1 Å². The Morgan fingerprint density at radius 2 is 1.97 bits per heavy atom. The van der Waals surface area contributed by atoms with E-state index in [-0.39, 0.29) is 6.04 Å². The number of alkyl halides is 2. The highest BCUT2D eigenvalue weighted by atomic mass is 19.3. The first-order chi connectivity index (χ1) is 13.7. The van der Waals surface area contributed by atoms with Gasteiger partial charge in [0.2, 0.25) is 0 Å². The van der Waals surface area contributed by atoms with E-state index in [1.165, 1.54) is 0 Å². The van der Waals surface area contributed by atoms with E-state index in [2.05, 4.69) is 10.2 Å². The summed E-state index contributed by atoms with van der Waals surface area (Å²) in [6.45, 7) is 4.54. The number of carboxylic acids is 1. The number of hydrogen-bond acceptors (Lipinski definition) is 7. The molecule has 0 saturated carbocycles. The highest BCUT2D eigenvalue weighted by molar-refractivity contribution is 5.83. The molecule has 1 aromatic carbocycles. The summed E-state index contributed by atoms with van der Waals surface area (Å²) in [5, 5.41) is 15.7. The Labute approximate surface area is 165 Å². The van der Waals surface area contributed by atoms with Gasteiger partial charge in [-0.1, -0.05) is 0 Å². The molecule has 9 nitrogen and oxygen atoms in total. The molecule has 1 atom stereocenters. The molecule has 3 aromatic rings. The Bertz CT molecular complexity index is 1010. The van der Waals surface area contributed by atoms with Crippen molar-refractivity contribution in [1.82, 2.24) is 19.6 Å². The van der Waals surface area contributed by atoms with Gasteiger partial charge in [0, 0.05) is 6.07 Å². The van der Waals surface area contributed by atoms with Gasteiger partial charge in [0.25, 0.3) is 0 Å². The van der Waals surface area contributed by atoms with Gasteiger partial charge in [0.05, 0.1) is 24.2 Å². The topological polar surface area (TPSA) is 142 Å². The monoisotopic (exact) mass is 410 g/mol. The number of benzene rings is 1. The van der Waals surface area contributed by atoms with Crippen LogP contribution in [-0.2, 0) is 4.79 Å². The van der Waals surface area contributed by atoms with Crippen molar-refractivity contribution >= 4 is 22.6 Å². The van der Waals surface area contributed by atoms with Crippen molar-refractivity contribution in [2.45, 2.75) is 39.2 Å². The van der Waals surface area contributed by atoms with Crippen molar-refractivity contribution in [1.29, 1.82) is 0 Å². The van der Waals surface area contributed by atoms with Gasteiger partial charge in [0.15, 0.2) is 5.65 Å². The summed E-state index contributed by atoms with van der Waals surface area (Å²) in [7, 11) is 1.65. The Morgan fingerprint density at radius 1 is 1.31 bits per heavy atom. The molecule has 0 fully saturated rings. The van der Waals surface area contributed by atoms with Crippen LogP contribution in [0.25, 0.3) is 16.7 Å². The summed E-state index contributed by atoms with van der Waals surface area (Å²) < 4.78 is 28.5. The van der Waals surface area contributed by atoms with E-state index >= 15 is 0 Å². The molecule has 0 aliphatic heterocycles. The highest BCUT2D eigenvalue weighted by Gasteiger charge is 2.19. The summed E-state index contributed by atoms with van der Waals surface area (Å²) in [6.07, 6.45) is -1.61. The molecule has 158 valence electrons. The predicted octanol–water partition coefficient (Wildman–Crippen LogP) is 1.98. The smallest absolute Gasteiger partial charge is 0.371 e. The summed E-state index contributed by atoms with van der Waals surface area (Å²) in [5.74, 6) is -0.492. The minimum absolute atomic E-state index is 0.212. The standard InChI is InChI=1S/C16H22N6O.C2H2F2O2/c1-9-7-11(23-3)8-13-14(9)19-15(12(18)5-4-6-17)16-21-20-10(2)22(13)16;3-1(4)2(5)6/h7-8,12H,4-6,17-18H2,1-3H3;1H,(H,5,6). The lowest BCUT2D eigenvalue weighted by Crippen LogP contribution is -2.16. The molecule has 3 rings (SSSR count). The minimum atomic E-state index is -3.23. The largest absolute Gasteiger partial charge is 0.497 e. The van der Waals surface area contributed by atoms with Crippen LogP contribution in [0, 0.1) is 13.8 Å². The van der Waals surface area contributed by atoms with Gasteiger partial charge in [-0.15, -0.1) is 10.2 Å². The molecule has 0 radical (unpaired) electrons. The number of rotatable bonds is 6. The van der Waals surface area contributed by atoms with Crippen LogP contribution in [0.1, 0.15) is 36.0 Å². The first-order valence-corrected chi connectivity index (χ1v) is 8.87. The third-order valence-electron chi connectivity index (χ3n) is 4.27. The van der Waals surface area contributed by atoms with Crippen LogP contribution in [0.2, 0.25) is 0 Å². The van der Waals surface area contributed by atoms with Crippen LogP contribution >= 0.6 is 0 Å². The zero-order valence-corrected chi connectivity index (χ0v) is 16.4. The van der Waals surface area contributed by atoms with E-state index in [0.29, 0.717) is 12.2 Å². The fourth-order valence-electron chi connectivity index (χ4n) is 2.87. The van der Waals surface area contributed by atoms with Crippen molar-refractivity contribution < 1.29 is 23.4 Å². The Morgan fingerprint density at radius 3 is 2.52 bits per heavy atom. The lowest BCUT2D eigenvalue weighted by molar-refractivity contribution is -0.149. The van der Waals surface area contributed by atoms with Gasteiger partial charge in [0.1, 0.15) is 17.3 Å². The van der Waals surface area contributed by atoms with Gasteiger partial charge in [-0.2, -0.15) is 8.78 Å². The number of aromatic nitrogens is 4. The predicted molar refractivity (Wildman–Crippen MR) is 103 cm³/mol. The summed E-state index contributed by atoms with van der Waals surface area (Å²) in [6, 6.07) is 3.71. The number of carboxylic acid groups (broad SMARTS) is 1. The molecule has 0 aliphatic rings. The third kappa shape index (κ3) is 4.93. The fourth-order valence-corrected chi connectivity index (χ4v) is 2.87. The first kappa shape index (κ1) is 22.4. The second-order valence-corrected chi connectivity index (χ2v) is 6.39. The maximum atomic E-state index is 10.6. The number of hydrogen-bond donors (Lipinski definition) is 3. The van der Waals surface area contributed by atoms with Gasteiger partial charge >= 0.3 is 12.4 Å². The lowest BCUT2D eigenvalue weighted by atomic mass is 10.1. The van der Waals surface area contributed by atoms with Crippen LogP contribution in [0.15, 0.2) is 12.1 Å². The normalized spacial score (nSPS) is 12.1. The zero-order chi connectivity index (χ0) is 21.7. The molecule has 2 aromatic heterocycles. The second kappa shape index (κ2) is 9.52. The molecule has 29 heavy (non-hydrogen) atoms. The van der Waals surface area contributed by atoms with Crippen molar-refractivity contribution in [3.63, 3.8) is 0 Å². The molecule has 2 heterocycles. The molecule has 5 N–H and O–H groups in total. The van der Waals surface area contributed by atoms with E-state index < -0.39 is 12.4 Å². The van der Waals surface area contributed by atoms with Gasteiger partial charge in [-0.25, -0.2) is 9.78 Å². The van der Waals surface area contributed by atoms with Crippen molar-refractivity contribution in [3.05, 3.63) is 29.2 Å². The third-order valence-corrected chi connectivity index (χ3v) is 4.27. The molecule has 0 aliphatic carbocycles. The molecule has 1 unspecified atom stereocenters. The second-order valence-electron chi connectivity index (χ2n) is 6.39. The van der Waals surface area contributed by atoms with E-state index in [1.807, 2.05) is 30.4 Å². The molecule has 11 heteroatoms. The number of carbonyl (C=O) groups is 1. The average molecular weight is 410 g/mol. The van der Waals surface area contributed by atoms with Crippen LogP contribution < -0.4 is 16.2 Å². The van der Waals surface area contributed by atoms with Crippen molar-refractivity contribution in [2.24, 2.45) is 11.5 Å². The molecule has 0 amide bonds. The van der Waals surface area contributed by atoms with Crippen LogP contribution in [0.4, 0.5) is 8.78 Å². The number of halogens is 2. The lowest BCUT2D eigenvalue weighted by Gasteiger charge is -2.15. The zero-order valence-electron chi connectivity index (χ0n) is 16.4. The number of ether oxygens (including phenoxy) is 1. The number of nitrogens with two attached hydrogens (primary N) is 2. The van der Waals surface area contributed by atoms with E-state index in [1.54, 1.807) is 7.11 Å². The van der Waals surface area contributed by atoms with Crippen LogP contribution in [0.5, 0.6) is 5.75 Å². The molecule has 0 saturated heterocycles. The fraction of sp³-hybridized carbons (Fsp3) is 0.444. The number of aryl methyl sites for hydroxylation is 2. The van der Waals surface area contributed by atoms with Crippen molar-refractivity contribution in [3.8, 4) is 5.75 Å². The molecular formula is C18H24F2N6O3. The maximum absolute atomic E-state index is 10.6. The summed E-state index contributed by atoms with van der Waals surface area (Å²) in [4.78, 5) is 13.7.